The Morgan fingerprint density at radius 2 is 2.05 bits per heavy atom. The average molecular weight is 272 g/mol. The van der Waals surface area contributed by atoms with Crippen LogP contribution in [0.25, 0.3) is 10.8 Å². The van der Waals surface area contributed by atoms with Crippen LogP contribution in [0.15, 0.2) is 36.7 Å². The second kappa shape index (κ2) is 5.28. The van der Waals surface area contributed by atoms with Crippen molar-refractivity contribution in [3.8, 4) is 0 Å². The lowest BCUT2D eigenvalue weighted by molar-refractivity contribution is -0.148. The van der Waals surface area contributed by atoms with E-state index in [1.807, 2.05) is 18.2 Å². The van der Waals surface area contributed by atoms with Crippen LogP contribution < -0.4 is 5.32 Å². The summed E-state index contributed by atoms with van der Waals surface area (Å²) in [5.41, 5.74) is -0.450. The maximum atomic E-state index is 12.0. The van der Waals surface area contributed by atoms with Gasteiger partial charge < -0.3 is 10.4 Å². The average Bonchev–Trinajstić information content (AvgIpc) is 2.38. The van der Waals surface area contributed by atoms with Crippen LogP contribution in [0.5, 0.6) is 0 Å². The van der Waals surface area contributed by atoms with Gasteiger partial charge in [-0.25, -0.2) is 0 Å². The van der Waals surface area contributed by atoms with Crippen LogP contribution >= 0.6 is 0 Å². The quantitative estimate of drug-likeness (QED) is 0.896. The summed E-state index contributed by atoms with van der Waals surface area (Å²) in [4.78, 5) is 27.1. The molecule has 20 heavy (non-hydrogen) atoms. The van der Waals surface area contributed by atoms with Gasteiger partial charge in [0.25, 0.3) is 0 Å². The molecule has 0 atom stereocenters. The highest BCUT2D eigenvalue weighted by Gasteiger charge is 2.30. The molecule has 5 nitrogen and oxygen atoms in total. The van der Waals surface area contributed by atoms with Crippen molar-refractivity contribution < 1.29 is 14.7 Å². The number of nitrogens with zero attached hydrogens (tertiary/aromatic N) is 1. The Bertz CT molecular complexity index is 660. The molecule has 0 spiro atoms. The van der Waals surface area contributed by atoms with Crippen LogP contribution in [0.2, 0.25) is 0 Å². The number of amides is 1. The number of carboxylic acids is 1. The van der Waals surface area contributed by atoms with E-state index in [-0.39, 0.29) is 12.3 Å². The third kappa shape index (κ3) is 2.93. The first-order valence-electron chi connectivity index (χ1n) is 6.26. The molecule has 2 rings (SSSR count). The van der Waals surface area contributed by atoms with E-state index >= 15 is 0 Å². The van der Waals surface area contributed by atoms with Gasteiger partial charge in [0.2, 0.25) is 5.91 Å². The number of fused-ring (bicyclic) bond motifs is 1. The first-order valence-corrected chi connectivity index (χ1v) is 6.26. The normalized spacial score (nSPS) is 11.3. The van der Waals surface area contributed by atoms with Crippen LogP contribution in [0.1, 0.15) is 20.3 Å². The van der Waals surface area contributed by atoms with E-state index in [0.717, 1.165) is 10.8 Å². The number of hydrogen-bond donors (Lipinski definition) is 2. The lowest BCUT2D eigenvalue weighted by Gasteiger charge is -2.18. The topological polar surface area (TPSA) is 79.3 Å². The summed E-state index contributed by atoms with van der Waals surface area (Å²) in [6.45, 7) is 3.05. The van der Waals surface area contributed by atoms with Gasteiger partial charge in [0.15, 0.2) is 0 Å². The monoisotopic (exact) mass is 272 g/mol. The fraction of sp³-hybridized carbons (Fsp3) is 0.267. The summed E-state index contributed by atoms with van der Waals surface area (Å²) in [5, 5.41) is 13.6. The third-order valence-corrected chi connectivity index (χ3v) is 3.14. The number of hydrogen-bond acceptors (Lipinski definition) is 3. The molecule has 0 bridgehead atoms. The molecule has 2 aromatic rings. The summed E-state index contributed by atoms with van der Waals surface area (Å²) in [5.74, 6) is -1.32. The molecule has 2 N–H and O–H groups in total. The molecule has 0 saturated heterocycles. The van der Waals surface area contributed by atoms with E-state index in [0.29, 0.717) is 5.69 Å². The van der Waals surface area contributed by atoms with E-state index in [4.69, 9.17) is 5.11 Å². The number of aliphatic carboxylic acids is 1. The fourth-order valence-corrected chi connectivity index (χ4v) is 1.89. The molecule has 0 unspecified atom stereocenters. The second-order valence-electron chi connectivity index (χ2n) is 5.32. The SMILES string of the molecule is CC(C)(CC(=O)Nc1cccc2ccncc12)C(=O)O. The van der Waals surface area contributed by atoms with E-state index in [1.165, 1.54) is 13.8 Å². The van der Waals surface area contributed by atoms with Crippen LogP contribution in [0.3, 0.4) is 0 Å². The molecule has 1 amide bonds. The van der Waals surface area contributed by atoms with Crippen molar-refractivity contribution in [2.45, 2.75) is 20.3 Å². The molecule has 0 aliphatic rings. The van der Waals surface area contributed by atoms with E-state index in [9.17, 15) is 9.59 Å². The Hall–Kier alpha value is -2.43. The summed E-state index contributed by atoms with van der Waals surface area (Å²) in [6.07, 6.45) is 3.27. The number of benzene rings is 1. The lowest BCUT2D eigenvalue weighted by Crippen LogP contribution is -2.29. The predicted octanol–water partition coefficient (Wildman–Crippen LogP) is 2.67. The molecule has 1 heterocycles. The molecule has 0 radical (unpaired) electrons. The Labute approximate surface area is 116 Å². The fourth-order valence-electron chi connectivity index (χ4n) is 1.89. The molecular weight excluding hydrogens is 256 g/mol. The van der Waals surface area contributed by atoms with Gasteiger partial charge in [-0.05, 0) is 31.4 Å². The van der Waals surface area contributed by atoms with E-state index in [2.05, 4.69) is 10.3 Å². The third-order valence-electron chi connectivity index (χ3n) is 3.14. The zero-order valence-corrected chi connectivity index (χ0v) is 11.4. The summed E-state index contributed by atoms with van der Waals surface area (Å²) in [7, 11) is 0. The first kappa shape index (κ1) is 14.0. The molecule has 0 fully saturated rings. The van der Waals surface area contributed by atoms with Gasteiger partial charge in [0.05, 0.1) is 11.1 Å². The minimum atomic E-state index is -1.09. The highest BCUT2D eigenvalue weighted by Crippen LogP contribution is 2.25. The highest BCUT2D eigenvalue weighted by molar-refractivity contribution is 6.02. The maximum absolute atomic E-state index is 12.0. The Morgan fingerprint density at radius 1 is 1.30 bits per heavy atom. The van der Waals surface area contributed by atoms with Crippen LogP contribution in [-0.2, 0) is 9.59 Å². The highest BCUT2D eigenvalue weighted by atomic mass is 16.4. The number of anilines is 1. The number of nitrogens with one attached hydrogen (secondary N) is 1. The van der Waals surface area contributed by atoms with Gasteiger partial charge >= 0.3 is 5.97 Å². The maximum Gasteiger partial charge on any atom is 0.309 e. The standard InChI is InChI=1S/C15H16N2O3/c1-15(2,14(19)20)8-13(18)17-12-5-3-4-10-6-7-16-9-11(10)12/h3-7,9H,8H2,1-2H3,(H,17,18)(H,19,20). The number of pyridine rings is 1. The van der Waals surface area contributed by atoms with E-state index < -0.39 is 11.4 Å². The van der Waals surface area contributed by atoms with Gasteiger partial charge in [-0.3, -0.25) is 14.6 Å². The van der Waals surface area contributed by atoms with Crippen molar-refractivity contribution in [2.24, 2.45) is 5.41 Å². The minimum Gasteiger partial charge on any atom is -0.481 e. The van der Waals surface area contributed by atoms with Crippen molar-refractivity contribution in [3.05, 3.63) is 36.7 Å². The van der Waals surface area contributed by atoms with E-state index in [1.54, 1.807) is 18.5 Å². The second-order valence-corrected chi connectivity index (χ2v) is 5.32. The van der Waals surface area contributed by atoms with Crippen LogP contribution in [-0.4, -0.2) is 22.0 Å². The van der Waals surface area contributed by atoms with Gasteiger partial charge in [0.1, 0.15) is 0 Å². The zero-order chi connectivity index (χ0) is 14.8. The van der Waals surface area contributed by atoms with Crippen LogP contribution in [0.4, 0.5) is 5.69 Å². The van der Waals surface area contributed by atoms with Gasteiger partial charge in [-0.2, -0.15) is 0 Å². The predicted molar refractivity (Wildman–Crippen MR) is 76.4 cm³/mol. The zero-order valence-electron chi connectivity index (χ0n) is 11.4. The lowest BCUT2D eigenvalue weighted by atomic mass is 9.89. The minimum absolute atomic E-state index is 0.0843. The Morgan fingerprint density at radius 3 is 2.75 bits per heavy atom. The molecule has 0 aliphatic heterocycles. The van der Waals surface area contributed by atoms with Crippen molar-refractivity contribution in [1.29, 1.82) is 0 Å². The molecular formula is C15H16N2O3. The van der Waals surface area contributed by atoms with Crippen molar-refractivity contribution in [3.63, 3.8) is 0 Å². The Balaban J connectivity index is 2.21. The van der Waals surface area contributed by atoms with Crippen LogP contribution in [0, 0.1) is 5.41 Å². The first-order chi connectivity index (χ1) is 9.40. The summed E-state index contributed by atoms with van der Waals surface area (Å²) < 4.78 is 0. The van der Waals surface area contributed by atoms with Crippen molar-refractivity contribution in [2.75, 3.05) is 5.32 Å². The largest absolute Gasteiger partial charge is 0.481 e. The Kier molecular flexibility index (Phi) is 3.70. The van der Waals surface area contributed by atoms with Crippen molar-refractivity contribution in [1.82, 2.24) is 4.98 Å². The summed E-state index contributed by atoms with van der Waals surface area (Å²) >= 11 is 0. The number of carbonyl (C=O) groups is 2. The molecule has 1 aromatic carbocycles. The number of rotatable bonds is 4. The number of carboxylic acid groups (broad SMARTS) is 1. The molecule has 5 heteroatoms. The number of aromatic nitrogens is 1. The van der Waals surface area contributed by atoms with Gasteiger partial charge in [-0.1, -0.05) is 12.1 Å². The van der Waals surface area contributed by atoms with Gasteiger partial charge in [-0.15, -0.1) is 0 Å². The number of carbonyl (C=O) groups excluding carboxylic acids is 1. The van der Waals surface area contributed by atoms with Gasteiger partial charge in [0, 0.05) is 24.2 Å². The molecule has 104 valence electrons. The smallest absolute Gasteiger partial charge is 0.309 e. The molecule has 1 aromatic heterocycles. The molecule has 0 saturated carbocycles. The van der Waals surface area contributed by atoms with Crippen molar-refractivity contribution >= 4 is 28.3 Å². The summed E-state index contributed by atoms with van der Waals surface area (Å²) in [6, 6.07) is 7.38. The molecule has 0 aliphatic carbocycles.